The summed E-state index contributed by atoms with van der Waals surface area (Å²) in [4.78, 5) is 0. The molecular weight excluding hydrogens is 200 g/mol. The van der Waals surface area contributed by atoms with Crippen molar-refractivity contribution in [2.75, 3.05) is 6.61 Å². The van der Waals surface area contributed by atoms with Crippen molar-refractivity contribution in [1.29, 1.82) is 0 Å². The minimum Gasteiger partial charge on any atom is -0.491 e. The van der Waals surface area contributed by atoms with E-state index < -0.39 is 6.10 Å². The molecule has 2 nitrogen and oxygen atoms in total. The number of aryl methyl sites for hydroxylation is 1. The Hall–Kier alpha value is -1.02. The van der Waals surface area contributed by atoms with E-state index in [0.717, 1.165) is 11.3 Å². The summed E-state index contributed by atoms with van der Waals surface area (Å²) in [7, 11) is 0. The molecule has 2 heteroatoms. The summed E-state index contributed by atoms with van der Waals surface area (Å²) >= 11 is 0. The average Bonchev–Trinajstić information content (AvgIpc) is 2.18. The van der Waals surface area contributed by atoms with Gasteiger partial charge >= 0.3 is 0 Å². The zero-order valence-corrected chi connectivity index (χ0v) is 10.9. The molecule has 1 atom stereocenters. The van der Waals surface area contributed by atoms with Gasteiger partial charge in [0.2, 0.25) is 0 Å². The van der Waals surface area contributed by atoms with Gasteiger partial charge in [-0.2, -0.15) is 0 Å². The van der Waals surface area contributed by atoms with Crippen LogP contribution < -0.4 is 4.74 Å². The molecule has 1 unspecified atom stereocenters. The predicted octanol–water partition coefficient (Wildman–Crippen LogP) is 3.09. The first-order valence-electron chi connectivity index (χ1n) is 5.69. The molecule has 1 aromatic carbocycles. The molecule has 0 fully saturated rings. The van der Waals surface area contributed by atoms with Crippen molar-refractivity contribution in [3.8, 4) is 5.75 Å². The predicted molar refractivity (Wildman–Crippen MR) is 66.9 cm³/mol. The van der Waals surface area contributed by atoms with Crippen LogP contribution in [0.1, 0.15) is 31.9 Å². The molecule has 90 valence electrons. The minimum absolute atomic E-state index is 0.141. The number of aliphatic hydroxyl groups excluding tert-OH is 1. The molecular formula is C14H22O2. The lowest BCUT2D eigenvalue weighted by molar-refractivity contribution is 0.0216. The summed E-state index contributed by atoms with van der Waals surface area (Å²) in [6.07, 6.45) is -0.451. The van der Waals surface area contributed by atoms with Crippen LogP contribution >= 0.6 is 0 Å². The van der Waals surface area contributed by atoms with Crippen molar-refractivity contribution in [2.45, 2.75) is 40.7 Å². The van der Waals surface area contributed by atoms with E-state index >= 15 is 0 Å². The molecule has 0 amide bonds. The summed E-state index contributed by atoms with van der Waals surface area (Å²) in [6, 6.07) is 5.97. The number of rotatable bonds is 3. The van der Waals surface area contributed by atoms with Crippen molar-refractivity contribution in [1.82, 2.24) is 0 Å². The van der Waals surface area contributed by atoms with Gasteiger partial charge in [-0.05, 0) is 36.5 Å². The highest BCUT2D eigenvalue weighted by atomic mass is 16.5. The smallest absolute Gasteiger partial charge is 0.122 e. The van der Waals surface area contributed by atoms with Crippen LogP contribution in [0.3, 0.4) is 0 Å². The fourth-order valence-corrected chi connectivity index (χ4v) is 1.30. The molecule has 0 aromatic heterocycles. The molecule has 1 rings (SSSR count). The Kier molecular flexibility index (Phi) is 3.98. The van der Waals surface area contributed by atoms with Crippen LogP contribution in [-0.4, -0.2) is 17.8 Å². The highest BCUT2D eigenvalue weighted by molar-refractivity contribution is 5.38. The van der Waals surface area contributed by atoms with Gasteiger partial charge < -0.3 is 9.84 Å². The maximum atomic E-state index is 9.88. The van der Waals surface area contributed by atoms with Crippen molar-refractivity contribution in [3.63, 3.8) is 0 Å². The summed E-state index contributed by atoms with van der Waals surface area (Å²) in [6.45, 7) is 10.4. The third-order valence-corrected chi connectivity index (χ3v) is 2.95. The van der Waals surface area contributed by atoms with Gasteiger partial charge in [0.25, 0.3) is 0 Å². The maximum absolute atomic E-state index is 9.88. The lowest BCUT2D eigenvalue weighted by Crippen LogP contribution is -2.32. The van der Waals surface area contributed by atoms with E-state index in [1.54, 1.807) is 0 Å². The molecule has 0 spiro atoms. The average molecular weight is 222 g/mol. The van der Waals surface area contributed by atoms with Crippen molar-refractivity contribution < 1.29 is 9.84 Å². The first-order valence-corrected chi connectivity index (χ1v) is 5.69. The second-order valence-electron chi connectivity index (χ2n) is 5.39. The molecule has 0 saturated heterocycles. The van der Waals surface area contributed by atoms with E-state index in [2.05, 4.69) is 13.0 Å². The topological polar surface area (TPSA) is 29.5 Å². The van der Waals surface area contributed by atoms with Gasteiger partial charge in [-0.25, -0.2) is 0 Å². The molecule has 16 heavy (non-hydrogen) atoms. The fourth-order valence-electron chi connectivity index (χ4n) is 1.30. The quantitative estimate of drug-likeness (QED) is 0.851. The Balaban J connectivity index is 2.65. The maximum Gasteiger partial charge on any atom is 0.122 e. The number of hydrogen-bond acceptors (Lipinski definition) is 2. The lowest BCUT2D eigenvalue weighted by Gasteiger charge is -2.26. The molecule has 0 aliphatic carbocycles. The van der Waals surface area contributed by atoms with Crippen LogP contribution in [0.25, 0.3) is 0 Å². The van der Waals surface area contributed by atoms with Crippen LogP contribution in [-0.2, 0) is 0 Å². The van der Waals surface area contributed by atoms with E-state index in [9.17, 15) is 5.11 Å². The molecule has 0 saturated carbocycles. The summed E-state index contributed by atoms with van der Waals surface area (Å²) in [5.41, 5.74) is 2.21. The lowest BCUT2D eigenvalue weighted by atomic mass is 9.90. The van der Waals surface area contributed by atoms with E-state index in [1.807, 2.05) is 39.8 Å². The second-order valence-corrected chi connectivity index (χ2v) is 5.39. The third-order valence-electron chi connectivity index (χ3n) is 2.95. The van der Waals surface area contributed by atoms with Gasteiger partial charge in [-0.1, -0.05) is 32.9 Å². The zero-order chi connectivity index (χ0) is 12.3. The largest absolute Gasteiger partial charge is 0.491 e. The van der Waals surface area contributed by atoms with Crippen molar-refractivity contribution in [2.24, 2.45) is 5.41 Å². The molecule has 0 aliphatic rings. The number of ether oxygens (including phenoxy) is 1. The number of aliphatic hydroxyl groups is 1. The van der Waals surface area contributed by atoms with E-state index in [0.29, 0.717) is 6.61 Å². The molecule has 1 aromatic rings. The summed E-state index contributed by atoms with van der Waals surface area (Å²) in [5, 5.41) is 9.88. The van der Waals surface area contributed by atoms with Gasteiger partial charge in [-0.3, -0.25) is 0 Å². The fraction of sp³-hybridized carbons (Fsp3) is 0.571. The summed E-state index contributed by atoms with van der Waals surface area (Å²) < 4.78 is 5.66. The molecule has 0 aliphatic heterocycles. The third kappa shape index (κ3) is 3.24. The Morgan fingerprint density at radius 3 is 2.44 bits per heavy atom. The zero-order valence-electron chi connectivity index (χ0n) is 10.9. The molecule has 0 radical (unpaired) electrons. The van der Waals surface area contributed by atoms with Gasteiger partial charge in [0.05, 0.1) is 6.10 Å². The first-order chi connectivity index (χ1) is 7.32. The van der Waals surface area contributed by atoms with Gasteiger partial charge in [0.1, 0.15) is 12.4 Å². The van der Waals surface area contributed by atoms with E-state index in [-0.39, 0.29) is 5.41 Å². The Labute approximate surface area is 98.3 Å². The Morgan fingerprint density at radius 1 is 1.25 bits per heavy atom. The number of hydrogen-bond donors (Lipinski definition) is 1. The van der Waals surface area contributed by atoms with Crippen LogP contribution in [0.5, 0.6) is 5.75 Å². The summed E-state index contributed by atoms with van der Waals surface area (Å²) in [5.74, 6) is 0.864. The van der Waals surface area contributed by atoms with Crippen LogP contribution in [0, 0.1) is 19.3 Å². The van der Waals surface area contributed by atoms with Gasteiger partial charge in [-0.15, -0.1) is 0 Å². The Morgan fingerprint density at radius 2 is 1.88 bits per heavy atom. The van der Waals surface area contributed by atoms with Crippen LogP contribution in [0.2, 0.25) is 0 Å². The number of benzene rings is 1. The van der Waals surface area contributed by atoms with E-state index in [4.69, 9.17) is 4.74 Å². The Bertz CT molecular complexity index is 350. The highest BCUT2D eigenvalue weighted by Crippen LogP contribution is 2.23. The van der Waals surface area contributed by atoms with Gasteiger partial charge in [0.15, 0.2) is 0 Å². The first kappa shape index (κ1) is 13.0. The van der Waals surface area contributed by atoms with Crippen molar-refractivity contribution in [3.05, 3.63) is 29.3 Å². The van der Waals surface area contributed by atoms with Crippen LogP contribution in [0.4, 0.5) is 0 Å². The SMILES string of the molecule is Cc1cccc(OCC(O)C(C)(C)C)c1C. The monoisotopic (exact) mass is 222 g/mol. The standard InChI is InChI=1S/C14H22O2/c1-10-7-6-8-12(11(10)2)16-9-13(15)14(3,4)5/h6-8,13,15H,9H2,1-5H3. The second kappa shape index (κ2) is 4.88. The molecule has 0 bridgehead atoms. The van der Waals surface area contributed by atoms with E-state index in [1.165, 1.54) is 5.56 Å². The highest BCUT2D eigenvalue weighted by Gasteiger charge is 2.22. The molecule has 1 N–H and O–H groups in total. The normalized spacial score (nSPS) is 13.6. The molecule has 0 heterocycles. The van der Waals surface area contributed by atoms with Gasteiger partial charge in [0, 0.05) is 0 Å². The van der Waals surface area contributed by atoms with Crippen molar-refractivity contribution >= 4 is 0 Å². The van der Waals surface area contributed by atoms with Crippen LogP contribution in [0.15, 0.2) is 18.2 Å². The minimum atomic E-state index is -0.451.